The van der Waals surface area contributed by atoms with Crippen LogP contribution < -0.4 is 5.46 Å². The number of hydrogen-bond donors (Lipinski definition) is 2. The van der Waals surface area contributed by atoms with Gasteiger partial charge in [-0.3, -0.25) is 0 Å². The molecule has 0 aliphatic rings. The predicted molar refractivity (Wildman–Crippen MR) is 97.3 cm³/mol. The van der Waals surface area contributed by atoms with Gasteiger partial charge in [0.25, 0.3) is 0 Å². The fourth-order valence-electron chi connectivity index (χ4n) is 3.00. The Morgan fingerprint density at radius 3 is 2.09 bits per heavy atom. The van der Waals surface area contributed by atoms with Crippen LogP contribution in [0.4, 0.5) is 0 Å². The molecule has 4 rings (SSSR count). The van der Waals surface area contributed by atoms with Gasteiger partial charge in [0.1, 0.15) is 0 Å². The number of nitrogens with zero attached hydrogens (tertiary/aromatic N) is 1. The second-order valence-electron chi connectivity index (χ2n) is 5.34. The van der Waals surface area contributed by atoms with E-state index >= 15 is 0 Å². The van der Waals surface area contributed by atoms with Crippen LogP contribution in [0.25, 0.3) is 27.5 Å². The molecule has 0 atom stereocenters. The van der Waals surface area contributed by atoms with Crippen LogP contribution in [0.3, 0.4) is 0 Å². The van der Waals surface area contributed by atoms with Crippen molar-refractivity contribution in [1.29, 1.82) is 0 Å². The Hall–Kier alpha value is -2.56. The second kappa shape index (κ2) is 5.91. The summed E-state index contributed by atoms with van der Waals surface area (Å²) >= 11 is 0. The molecule has 0 radical (unpaired) electrons. The average Bonchev–Trinajstić information content (AvgIpc) is 2.89. The Balaban J connectivity index is 0.00000156. The molecule has 0 saturated carbocycles. The van der Waals surface area contributed by atoms with Crippen LogP contribution in [-0.4, -0.2) is 21.7 Å². The van der Waals surface area contributed by atoms with Gasteiger partial charge in [0.2, 0.25) is 0 Å². The Labute approximate surface area is 135 Å². The number of rotatable bonds is 2. The van der Waals surface area contributed by atoms with Crippen molar-refractivity contribution in [2.75, 3.05) is 0 Å². The molecule has 0 amide bonds. The van der Waals surface area contributed by atoms with Gasteiger partial charge in [-0.25, -0.2) is 0 Å². The maximum absolute atomic E-state index is 9.47. The van der Waals surface area contributed by atoms with E-state index in [-0.39, 0.29) is 7.43 Å². The monoisotopic (exact) mass is 303 g/mol. The third-order valence-electron chi connectivity index (χ3n) is 4.01. The van der Waals surface area contributed by atoms with Crippen LogP contribution in [0, 0.1) is 0 Å². The first-order chi connectivity index (χ1) is 10.8. The summed E-state index contributed by atoms with van der Waals surface area (Å²) in [5, 5.41) is 21.2. The summed E-state index contributed by atoms with van der Waals surface area (Å²) in [6.07, 6.45) is 0. The van der Waals surface area contributed by atoms with Gasteiger partial charge in [-0.15, -0.1) is 0 Å². The summed E-state index contributed by atoms with van der Waals surface area (Å²) in [6.45, 7) is 0. The first kappa shape index (κ1) is 15.3. The minimum atomic E-state index is -1.47. The van der Waals surface area contributed by atoms with E-state index in [0.717, 1.165) is 27.5 Å². The lowest BCUT2D eigenvalue weighted by atomic mass is 9.80. The van der Waals surface area contributed by atoms with Gasteiger partial charge in [0.15, 0.2) is 0 Å². The largest absolute Gasteiger partial charge is 0.488 e. The molecule has 2 N–H and O–H groups in total. The Morgan fingerprint density at radius 1 is 0.696 bits per heavy atom. The molecule has 0 spiro atoms. The normalized spacial score (nSPS) is 10.7. The molecule has 0 fully saturated rings. The first-order valence-corrected chi connectivity index (χ1v) is 7.20. The van der Waals surface area contributed by atoms with Crippen molar-refractivity contribution in [2.24, 2.45) is 0 Å². The fourth-order valence-corrected chi connectivity index (χ4v) is 3.00. The number of fused-ring (bicyclic) bond motifs is 3. The van der Waals surface area contributed by atoms with Gasteiger partial charge in [0, 0.05) is 16.5 Å². The molecule has 0 aliphatic carbocycles. The first-order valence-electron chi connectivity index (χ1n) is 7.20. The van der Waals surface area contributed by atoms with Crippen molar-refractivity contribution in [3.8, 4) is 5.69 Å². The SMILES string of the molecule is C.OB(O)c1ccc2c3ccccc3n(-c3ccccc3)c2c1. The lowest BCUT2D eigenvalue weighted by molar-refractivity contribution is 0.426. The molecule has 0 aliphatic heterocycles. The minimum absolute atomic E-state index is 0. The van der Waals surface area contributed by atoms with E-state index in [9.17, 15) is 10.0 Å². The molecule has 3 nitrogen and oxygen atoms in total. The van der Waals surface area contributed by atoms with E-state index in [0.29, 0.717) is 5.46 Å². The zero-order chi connectivity index (χ0) is 15.1. The van der Waals surface area contributed by atoms with Crippen LogP contribution in [-0.2, 0) is 0 Å². The van der Waals surface area contributed by atoms with Gasteiger partial charge in [-0.2, -0.15) is 0 Å². The van der Waals surface area contributed by atoms with E-state index in [1.165, 1.54) is 0 Å². The average molecular weight is 303 g/mol. The van der Waals surface area contributed by atoms with Crippen LogP contribution in [0.5, 0.6) is 0 Å². The molecule has 0 saturated heterocycles. The molecule has 23 heavy (non-hydrogen) atoms. The molecule has 114 valence electrons. The van der Waals surface area contributed by atoms with Gasteiger partial charge in [-0.05, 0) is 29.7 Å². The number of hydrogen-bond acceptors (Lipinski definition) is 2. The van der Waals surface area contributed by atoms with Crippen LogP contribution in [0.2, 0.25) is 0 Å². The standard InChI is InChI=1S/C18H14BNO2.CH4/c21-19(22)13-10-11-16-15-8-4-5-9-17(15)20(18(16)12-13)14-6-2-1-3-7-14;/h1-12,21-22H;1H4. The third kappa shape index (κ3) is 2.42. The van der Waals surface area contributed by atoms with Crippen LogP contribution >= 0.6 is 0 Å². The maximum Gasteiger partial charge on any atom is 0.488 e. The van der Waals surface area contributed by atoms with Crippen molar-refractivity contribution in [2.45, 2.75) is 7.43 Å². The van der Waals surface area contributed by atoms with Gasteiger partial charge in [-0.1, -0.05) is 56.0 Å². The quantitative estimate of drug-likeness (QED) is 0.559. The third-order valence-corrected chi connectivity index (χ3v) is 4.01. The van der Waals surface area contributed by atoms with Gasteiger partial charge in [0.05, 0.1) is 11.0 Å². The van der Waals surface area contributed by atoms with E-state index in [1.54, 1.807) is 6.07 Å². The number of aromatic nitrogens is 1. The fraction of sp³-hybridized carbons (Fsp3) is 0.0526. The molecule has 4 aromatic rings. The van der Waals surface area contributed by atoms with Crippen molar-refractivity contribution >= 4 is 34.4 Å². The molecule has 0 bridgehead atoms. The molecule has 0 unspecified atom stereocenters. The second-order valence-corrected chi connectivity index (χ2v) is 5.34. The van der Waals surface area contributed by atoms with E-state index in [1.807, 2.05) is 54.6 Å². The zero-order valence-electron chi connectivity index (χ0n) is 11.8. The lowest BCUT2D eigenvalue weighted by Gasteiger charge is -2.08. The molecular formula is C19H18BNO2. The molecule has 4 heteroatoms. The summed E-state index contributed by atoms with van der Waals surface area (Å²) in [7, 11) is -1.47. The van der Waals surface area contributed by atoms with Gasteiger partial charge < -0.3 is 14.6 Å². The highest BCUT2D eigenvalue weighted by Crippen LogP contribution is 2.31. The van der Waals surface area contributed by atoms with Crippen LogP contribution in [0.1, 0.15) is 7.43 Å². The summed E-state index contributed by atoms with van der Waals surface area (Å²) < 4.78 is 2.15. The number of para-hydroxylation sites is 2. The highest BCUT2D eigenvalue weighted by Gasteiger charge is 2.16. The van der Waals surface area contributed by atoms with Crippen molar-refractivity contribution < 1.29 is 10.0 Å². The molecule has 3 aromatic carbocycles. The highest BCUT2D eigenvalue weighted by atomic mass is 16.4. The van der Waals surface area contributed by atoms with Crippen molar-refractivity contribution in [3.63, 3.8) is 0 Å². The molecular weight excluding hydrogens is 285 g/mol. The van der Waals surface area contributed by atoms with Crippen molar-refractivity contribution in [1.82, 2.24) is 4.57 Å². The van der Waals surface area contributed by atoms with E-state index in [4.69, 9.17) is 0 Å². The topological polar surface area (TPSA) is 45.4 Å². The van der Waals surface area contributed by atoms with Crippen LogP contribution in [0.15, 0.2) is 72.8 Å². The number of benzene rings is 3. The Morgan fingerprint density at radius 2 is 1.35 bits per heavy atom. The highest BCUT2D eigenvalue weighted by molar-refractivity contribution is 6.59. The van der Waals surface area contributed by atoms with Gasteiger partial charge >= 0.3 is 7.12 Å². The minimum Gasteiger partial charge on any atom is -0.423 e. The van der Waals surface area contributed by atoms with Crippen molar-refractivity contribution in [3.05, 3.63) is 72.8 Å². The summed E-state index contributed by atoms with van der Waals surface area (Å²) in [5.74, 6) is 0. The molecule has 1 heterocycles. The smallest absolute Gasteiger partial charge is 0.423 e. The maximum atomic E-state index is 9.47. The summed E-state index contributed by atoms with van der Waals surface area (Å²) in [5.41, 5.74) is 3.62. The summed E-state index contributed by atoms with van der Waals surface area (Å²) in [4.78, 5) is 0. The molecule has 1 aromatic heterocycles. The lowest BCUT2D eigenvalue weighted by Crippen LogP contribution is -2.29. The zero-order valence-corrected chi connectivity index (χ0v) is 11.8. The van der Waals surface area contributed by atoms with E-state index in [2.05, 4.69) is 16.7 Å². The summed E-state index contributed by atoms with van der Waals surface area (Å²) in [6, 6.07) is 23.8. The Bertz CT molecular complexity index is 961. The Kier molecular flexibility index (Phi) is 3.95. The predicted octanol–water partition coefficient (Wildman–Crippen LogP) is 3.10. The van der Waals surface area contributed by atoms with E-state index < -0.39 is 7.12 Å².